The minimum atomic E-state index is 0.232. The van der Waals surface area contributed by atoms with Crippen molar-refractivity contribution in [2.75, 3.05) is 31.4 Å². The van der Waals surface area contributed by atoms with Gasteiger partial charge in [-0.1, -0.05) is 12.1 Å². The van der Waals surface area contributed by atoms with Crippen LogP contribution in [0.2, 0.25) is 0 Å². The normalized spacial score (nSPS) is 11.8. The lowest BCUT2D eigenvalue weighted by Gasteiger charge is -2.18. The van der Waals surface area contributed by atoms with Gasteiger partial charge >= 0.3 is 0 Å². The Morgan fingerprint density at radius 2 is 1.75 bits per heavy atom. The van der Waals surface area contributed by atoms with Gasteiger partial charge in [0.2, 0.25) is 0 Å². The first kappa shape index (κ1) is 14.3. The largest absolute Gasteiger partial charge is 0.497 e. The van der Waals surface area contributed by atoms with Crippen molar-refractivity contribution in [2.24, 2.45) is 0 Å². The Morgan fingerprint density at radius 1 is 1.05 bits per heavy atom. The second kappa shape index (κ2) is 6.33. The van der Waals surface area contributed by atoms with Crippen LogP contribution in [0.15, 0.2) is 48.5 Å². The summed E-state index contributed by atoms with van der Waals surface area (Å²) in [5, 5.41) is 3.50. The molecule has 0 fully saturated rings. The number of nitrogens with zero attached hydrogens (tertiary/aromatic N) is 1. The van der Waals surface area contributed by atoms with Crippen LogP contribution in [0.25, 0.3) is 0 Å². The number of anilines is 2. The SMILES string of the molecule is COc1cccc(C(C)Nc2ccc(N(C)C)cc2)c1. The topological polar surface area (TPSA) is 24.5 Å². The first-order chi connectivity index (χ1) is 9.60. The third-order valence-corrected chi connectivity index (χ3v) is 3.36. The molecule has 1 atom stereocenters. The van der Waals surface area contributed by atoms with E-state index in [1.807, 2.05) is 26.2 Å². The van der Waals surface area contributed by atoms with E-state index in [0.717, 1.165) is 11.4 Å². The van der Waals surface area contributed by atoms with Crippen LogP contribution in [0.3, 0.4) is 0 Å². The maximum atomic E-state index is 5.26. The van der Waals surface area contributed by atoms with E-state index in [9.17, 15) is 0 Å². The molecule has 0 aliphatic heterocycles. The van der Waals surface area contributed by atoms with Crippen molar-refractivity contribution in [3.63, 3.8) is 0 Å². The monoisotopic (exact) mass is 270 g/mol. The quantitative estimate of drug-likeness (QED) is 0.890. The fraction of sp³-hybridized carbons (Fsp3) is 0.294. The summed E-state index contributed by atoms with van der Waals surface area (Å²) in [6.45, 7) is 2.15. The van der Waals surface area contributed by atoms with Crippen molar-refractivity contribution in [3.8, 4) is 5.75 Å². The molecule has 1 unspecified atom stereocenters. The molecule has 0 aromatic heterocycles. The minimum Gasteiger partial charge on any atom is -0.497 e. The van der Waals surface area contributed by atoms with E-state index in [-0.39, 0.29) is 6.04 Å². The smallest absolute Gasteiger partial charge is 0.119 e. The first-order valence-electron chi connectivity index (χ1n) is 6.78. The summed E-state index contributed by atoms with van der Waals surface area (Å²) in [5.41, 5.74) is 3.52. The molecule has 0 aliphatic carbocycles. The first-order valence-corrected chi connectivity index (χ1v) is 6.78. The van der Waals surface area contributed by atoms with E-state index in [4.69, 9.17) is 4.74 Å². The molecule has 2 aromatic rings. The second-order valence-electron chi connectivity index (χ2n) is 5.08. The molecule has 0 bridgehead atoms. The van der Waals surface area contributed by atoms with Gasteiger partial charge in [-0.25, -0.2) is 0 Å². The second-order valence-corrected chi connectivity index (χ2v) is 5.08. The van der Waals surface area contributed by atoms with Gasteiger partial charge in [0.15, 0.2) is 0 Å². The van der Waals surface area contributed by atoms with Gasteiger partial charge in [0.25, 0.3) is 0 Å². The predicted molar refractivity (Wildman–Crippen MR) is 85.8 cm³/mol. The summed E-state index contributed by atoms with van der Waals surface area (Å²) in [5.74, 6) is 0.888. The molecule has 0 heterocycles. The molecular weight excluding hydrogens is 248 g/mol. The molecule has 0 spiro atoms. The maximum Gasteiger partial charge on any atom is 0.119 e. The van der Waals surface area contributed by atoms with E-state index >= 15 is 0 Å². The van der Waals surface area contributed by atoms with Crippen molar-refractivity contribution < 1.29 is 4.74 Å². The van der Waals surface area contributed by atoms with Crippen molar-refractivity contribution in [1.82, 2.24) is 0 Å². The van der Waals surface area contributed by atoms with Gasteiger partial charge in [0.1, 0.15) is 5.75 Å². The Labute approximate surface area is 121 Å². The van der Waals surface area contributed by atoms with E-state index in [0.29, 0.717) is 0 Å². The maximum absolute atomic E-state index is 5.26. The Kier molecular flexibility index (Phi) is 4.51. The fourth-order valence-electron chi connectivity index (χ4n) is 2.10. The summed E-state index contributed by atoms with van der Waals surface area (Å²) in [6, 6.07) is 16.8. The lowest BCUT2D eigenvalue weighted by molar-refractivity contribution is 0.414. The summed E-state index contributed by atoms with van der Waals surface area (Å²) in [4.78, 5) is 2.09. The summed E-state index contributed by atoms with van der Waals surface area (Å²) < 4.78 is 5.26. The van der Waals surface area contributed by atoms with Gasteiger partial charge in [-0.05, 0) is 48.9 Å². The Balaban J connectivity index is 2.08. The van der Waals surface area contributed by atoms with Crippen LogP contribution in [-0.4, -0.2) is 21.2 Å². The van der Waals surface area contributed by atoms with E-state index < -0.39 is 0 Å². The Bertz CT molecular complexity index is 549. The van der Waals surface area contributed by atoms with Crippen molar-refractivity contribution >= 4 is 11.4 Å². The summed E-state index contributed by atoms with van der Waals surface area (Å²) in [6.07, 6.45) is 0. The third kappa shape index (κ3) is 3.44. The van der Waals surface area contributed by atoms with Crippen LogP contribution in [0.4, 0.5) is 11.4 Å². The zero-order chi connectivity index (χ0) is 14.5. The summed E-state index contributed by atoms with van der Waals surface area (Å²) in [7, 11) is 5.78. The van der Waals surface area contributed by atoms with Crippen molar-refractivity contribution in [1.29, 1.82) is 0 Å². The van der Waals surface area contributed by atoms with Gasteiger partial charge < -0.3 is 15.0 Å². The van der Waals surface area contributed by atoms with E-state index in [1.165, 1.54) is 11.3 Å². The van der Waals surface area contributed by atoms with Crippen LogP contribution in [0.5, 0.6) is 5.75 Å². The molecule has 2 aromatic carbocycles. The molecule has 0 radical (unpaired) electrons. The van der Waals surface area contributed by atoms with Gasteiger partial charge in [0, 0.05) is 31.5 Å². The standard InChI is InChI=1S/C17H22N2O/c1-13(14-6-5-7-17(12-14)20-4)18-15-8-10-16(11-9-15)19(2)3/h5-13,18H,1-4H3. The highest BCUT2D eigenvalue weighted by molar-refractivity contribution is 5.55. The molecular formula is C17H22N2O. The van der Waals surface area contributed by atoms with E-state index in [2.05, 4.69) is 53.5 Å². The van der Waals surface area contributed by atoms with Crippen LogP contribution >= 0.6 is 0 Å². The molecule has 0 aliphatic rings. The number of rotatable bonds is 5. The van der Waals surface area contributed by atoms with Crippen LogP contribution in [-0.2, 0) is 0 Å². The third-order valence-electron chi connectivity index (χ3n) is 3.36. The highest BCUT2D eigenvalue weighted by Crippen LogP contribution is 2.24. The molecule has 3 heteroatoms. The lowest BCUT2D eigenvalue weighted by Crippen LogP contribution is -2.09. The average Bonchev–Trinajstić information content (AvgIpc) is 2.47. The number of ether oxygens (including phenoxy) is 1. The number of nitrogens with one attached hydrogen (secondary N) is 1. The van der Waals surface area contributed by atoms with E-state index in [1.54, 1.807) is 7.11 Å². The molecule has 0 amide bonds. The highest BCUT2D eigenvalue weighted by Gasteiger charge is 2.06. The molecule has 0 saturated carbocycles. The molecule has 106 valence electrons. The average molecular weight is 270 g/mol. The number of hydrogen-bond acceptors (Lipinski definition) is 3. The van der Waals surface area contributed by atoms with Gasteiger partial charge in [-0.15, -0.1) is 0 Å². The fourth-order valence-corrected chi connectivity index (χ4v) is 2.10. The van der Waals surface area contributed by atoms with Gasteiger partial charge in [-0.3, -0.25) is 0 Å². The Morgan fingerprint density at radius 3 is 2.35 bits per heavy atom. The van der Waals surface area contributed by atoms with Crippen molar-refractivity contribution in [3.05, 3.63) is 54.1 Å². The lowest BCUT2D eigenvalue weighted by atomic mass is 10.1. The zero-order valence-corrected chi connectivity index (χ0v) is 12.6. The molecule has 3 nitrogen and oxygen atoms in total. The van der Waals surface area contributed by atoms with Crippen LogP contribution in [0, 0.1) is 0 Å². The molecule has 1 N–H and O–H groups in total. The van der Waals surface area contributed by atoms with Crippen LogP contribution < -0.4 is 15.0 Å². The Hall–Kier alpha value is -2.16. The number of hydrogen-bond donors (Lipinski definition) is 1. The van der Waals surface area contributed by atoms with Crippen LogP contribution in [0.1, 0.15) is 18.5 Å². The summed E-state index contributed by atoms with van der Waals surface area (Å²) >= 11 is 0. The predicted octanol–water partition coefficient (Wildman–Crippen LogP) is 3.93. The minimum absolute atomic E-state index is 0.232. The number of methoxy groups -OCH3 is 1. The van der Waals surface area contributed by atoms with Gasteiger partial charge in [-0.2, -0.15) is 0 Å². The van der Waals surface area contributed by atoms with Gasteiger partial charge in [0.05, 0.1) is 7.11 Å². The molecule has 0 saturated heterocycles. The zero-order valence-electron chi connectivity index (χ0n) is 12.6. The number of benzene rings is 2. The molecule has 2 rings (SSSR count). The van der Waals surface area contributed by atoms with Crippen molar-refractivity contribution in [2.45, 2.75) is 13.0 Å². The highest BCUT2D eigenvalue weighted by atomic mass is 16.5. The molecule has 20 heavy (non-hydrogen) atoms.